The molecule has 2 heterocycles. The van der Waals surface area contributed by atoms with Crippen LogP contribution in [-0.2, 0) is 19.3 Å². The molecule has 2 aromatic rings. The van der Waals surface area contributed by atoms with Crippen LogP contribution in [0.4, 0.5) is 0 Å². The first kappa shape index (κ1) is 18.1. The Bertz CT molecular complexity index is 643. The molecule has 0 amide bonds. The van der Waals surface area contributed by atoms with Crippen molar-refractivity contribution in [3.8, 4) is 5.75 Å². The molecule has 3 rings (SSSR count). The predicted molar refractivity (Wildman–Crippen MR) is 107 cm³/mol. The Morgan fingerprint density at radius 3 is 3.04 bits per heavy atom. The van der Waals surface area contributed by atoms with Gasteiger partial charge in [0.05, 0.1) is 6.61 Å². The molecule has 0 atom stereocenters. The maximum Gasteiger partial charge on any atom is 0.188 e. The first-order valence-electron chi connectivity index (χ1n) is 7.62. The van der Waals surface area contributed by atoms with Crippen LogP contribution in [0.25, 0.3) is 0 Å². The second kappa shape index (κ2) is 9.12. The quantitative estimate of drug-likeness (QED) is 0.410. The number of ether oxygens (including phenoxy) is 1. The zero-order valence-electron chi connectivity index (χ0n) is 13.0. The number of nitrogens with zero attached hydrogens (tertiary/aromatic N) is 1. The van der Waals surface area contributed by atoms with Crippen molar-refractivity contribution in [1.29, 1.82) is 0 Å². The smallest absolute Gasteiger partial charge is 0.188 e. The zero-order chi connectivity index (χ0) is 15.2. The monoisotopic (exact) mass is 443 g/mol. The summed E-state index contributed by atoms with van der Waals surface area (Å²) >= 11 is 1.76. The molecular weight excluding hydrogens is 421 g/mol. The van der Waals surface area contributed by atoms with Crippen LogP contribution in [0.15, 0.2) is 40.7 Å². The van der Waals surface area contributed by atoms with E-state index in [0.29, 0.717) is 5.96 Å². The molecule has 0 radical (unpaired) electrons. The number of aliphatic imine (C=N–C) groups is 1. The van der Waals surface area contributed by atoms with E-state index in [1.807, 2.05) is 0 Å². The minimum absolute atomic E-state index is 0. The predicted octanol–water partition coefficient (Wildman–Crippen LogP) is 2.99. The number of nitrogens with one attached hydrogen (secondary N) is 1. The summed E-state index contributed by atoms with van der Waals surface area (Å²) in [6.45, 7) is 2.34. The summed E-state index contributed by atoms with van der Waals surface area (Å²) in [5.74, 6) is 1.56. The number of benzene rings is 1. The molecule has 0 aliphatic carbocycles. The van der Waals surface area contributed by atoms with Gasteiger partial charge in [0.1, 0.15) is 5.75 Å². The Labute approximate surface area is 158 Å². The first-order valence-corrected chi connectivity index (χ1v) is 8.50. The van der Waals surface area contributed by atoms with Crippen molar-refractivity contribution < 1.29 is 4.74 Å². The largest absolute Gasteiger partial charge is 0.493 e. The number of nitrogens with two attached hydrogens (primary N) is 1. The second-order valence-electron chi connectivity index (χ2n) is 5.31. The number of rotatable bonds is 6. The maximum atomic E-state index is 5.89. The minimum Gasteiger partial charge on any atom is -0.493 e. The van der Waals surface area contributed by atoms with Gasteiger partial charge in [-0.3, -0.25) is 4.99 Å². The molecule has 0 spiro atoms. The number of halogens is 1. The van der Waals surface area contributed by atoms with Crippen LogP contribution < -0.4 is 15.8 Å². The van der Waals surface area contributed by atoms with Gasteiger partial charge >= 0.3 is 0 Å². The van der Waals surface area contributed by atoms with E-state index in [1.165, 1.54) is 16.0 Å². The van der Waals surface area contributed by atoms with Crippen molar-refractivity contribution in [3.05, 3.63) is 51.7 Å². The van der Waals surface area contributed by atoms with Gasteiger partial charge in [0.15, 0.2) is 5.96 Å². The Morgan fingerprint density at radius 2 is 2.22 bits per heavy atom. The number of thiophene rings is 1. The Morgan fingerprint density at radius 1 is 1.30 bits per heavy atom. The molecule has 0 saturated heterocycles. The van der Waals surface area contributed by atoms with Gasteiger partial charge in [-0.25, -0.2) is 0 Å². The summed E-state index contributed by atoms with van der Waals surface area (Å²) in [6, 6.07) is 10.6. The van der Waals surface area contributed by atoms with Crippen LogP contribution in [0.5, 0.6) is 5.75 Å². The van der Waals surface area contributed by atoms with Gasteiger partial charge in [-0.15, -0.1) is 35.3 Å². The van der Waals surface area contributed by atoms with Crippen molar-refractivity contribution >= 4 is 41.3 Å². The minimum atomic E-state index is 0. The lowest BCUT2D eigenvalue weighted by Crippen LogP contribution is -2.33. The van der Waals surface area contributed by atoms with Crippen LogP contribution in [0.2, 0.25) is 0 Å². The Balaban J connectivity index is 0.00000192. The molecule has 0 bridgehead atoms. The fraction of sp³-hybridized carbons (Fsp3) is 0.353. The molecule has 1 aliphatic rings. The molecule has 1 aromatic carbocycles. The van der Waals surface area contributed by atoms with E-state index in [2.05, 4.69) is 46.0 Å². The molecule has 23 heavy (non-hydrogen) atoms. The average molecular weight is 443 g/mol. The lowest BCUT2D eigenvalue weighted by Gasteiger charge is -2.07. The van der Waals surface area contributed by atoms with Crippen LogP contribution in [0.3, 0.4) is 0 Å². The molecule has 0 unspecified atom stereocenters. The Hall–Kier alpha value is -1.28. The lowest BCUT2D eigenvalue weighted by molar-refractivity contribution is 0.357. The SMILES string of the molecule is I.NC(=NCCc1cccs1)NCCc1ccc2c(c1)CCO2. The third-order valence-corrected chi connectivity index (χ3v) is 4.63. The molecule has 4 nitrogen and oxygen atoms in total. The van der Waals surface area contributed by atoms with Crippen LogP contribution in [0.1, 0.15) is 16.0 Å². The summed E-state index contributed by atoms with van der Waals surface area (Å²) < 4.78 is 5.52. The average Bonchev–Trinajstić information content (AvgIpc) is 3.17. The summed E-state index contributed by atoms with van der Waals surface area (Å²) in [5, 5.41) is 5.26. The molecule has 6 heteroatoms. The first-order chi connectivity index (χ1) is 10.8. The van der Waals surface area contributed by atoms with E-state index < -0.39 is 0 Å². The van der Waals surface area contributed by atoms with Crippen molar-refractivity contribution in [2.75, 3.05) is 19.7 Å². The van der Waals surface area contributed by atoms with Crippen LogP contribution in [0, 0.1) is 0 Å². The maximum absolute atomic E-state index is 5.89. The van der Waals surface area contributed by atoms with Gasteiger partial charge in [0.2, 0.25) is 0 Å². The van der Waals surface area contributed by atoms with Gasteiger partial charge < -0.3 is 15.8 Å². The standard InChI is InChI=1S/C17H21N3OS.HI/c18-17(20-9-6-15-2-1-11-22-15)19-8-5-13-3-4-16-14(12-13)7-10-21-16;/h1-4,11-12H,5-10H2,(H3,18,19,20);1H. The fourth-order valence-corrected chi connectivity index (χ4v) is 3.23. The van der Waals surface area contributed by atoms with Crippen LogP contribution in [-0.4, -0.2) is 25.7 Å². The third-order valence-electron chi connectivity index (χ3n) is 3.69. The van der Waals surface area contributed by atoms with E-state index in [1.54, 1.807) is 11.3 Å². The number of fused-ring (bicyclic) bond motifs is 1. The van der Waals surface area contributed by atoms with Gasteiger partial charge in [-0.05, 0) is 35.1 Å². The highest BCUT2D eigenvalue weighted by atomic mass is 127. The third kappa shape index (κ3) is 5.39. The highest BCUT2D eigenvalue weighted by Crippen LogP contribution is 2.25. The summed E-state index contributed by atoms with van der Waals surface area (Å²) in [5.41, 5.74) is 8.51. The summed E-state index contributed by atoms with van der Waals surface area (Å²) in [4.78, 5) is 5.70. The molecule has 124 valence electrons. The lowest BCUT2D eigenvalue weighted by atomic mass is 10.1. The van der Waals surface area contributed by atoms with E-state index in [0.717, 1.165) is 44.7 Å². The number of guanidine groups is 1. The van der Waals surface area contributed by atoms with Crippen molar-refractivity contribution in [2.24, 2.45) is 10.7 Å². The van der Waals surface area contributed by atoms with Gasteiger partial charge in [-0.2, -0.15) is 0 Å². The fourth-order valence-electron chi connectivity index (χ4n) is 2.53. The van der Waals surface area contributed by atoms with E-state index >= 15 is 0 Å². The van der Waals surface area contributed by atoms with Gasteiger partial charge in [0, 0.05) is 30.8 Å². The highest BCUT2D eigenvalue weighted by molar-refractivity contribution is 14.0. The summed E-state index contributed by atoms with van der Waals surface area (Å²) in [6.07, 6.45) is 2.90. The number of hydrogen-bond donors (Lipinski definition) is 2. The molecule has 1 aromatic heterocycles. The summed E-state index contributed by atoms with van der Waals surface area (Å²) in [7, 11) is 0. The van der Waals surface area contributed by atoms with Crippen molar-refractivity contribution in [2.45, 2.75) is 19.3 Å². The van der Waals surface area contributed by atoms with Crippen molar-refractivity contribution in [1.82, 2.24) is 5.32 Å². The van der Waals surface area contributed by atoms with E-state index in [4.69, 9.17) is 10.5 Å². The molecule has 1 aliphatic heterocycles. The topological polar surface area (TPSA) is 59.6 Å². The van der Waals surface area contributed by atoms with E-state index in [9.17, 15) is 0 Å². The Kier molecular flexibility index (Phi) is 7.16. The molecule has 0 saturated carbocycles. The molecule has 0 fully saturated rings. The number of hydrogen-bond acceptors (Lipinski definition) is 3. The zero-order valence-corrected chi connectivity index (χ0v) is 16.1. The van der Waals surface area contributed by atoms with Crippen LogP contribution >= 0.6 is 35.3 Å². The molecule has 3 N–H and O–H groups in total. The second-order valence-corrected chi connectivity index (χ2v) is 6.35. The van der Waals surface area contributed by atoms with Gasteiger partial charge in [0.25, 0.3) is 0 Å². The normalized spacial score (nSPS) is 13.1. The highest BCUT2D eigenvalue weighted by Gasteiger charge is 2.11. The van der Waals surface area contributed by atoms with Crippen molar-refractivity contribution in [3.63, 3.8) is 0 Å². The van der Waals surface area contributed by atoms with Gasteiger partial charge in [-0.1, -0.05) is 18.2 Å². The van der Waals surface area contributed by atoms with E-state index in [-0.39, 0.29) is 24.0 Å². The molecular formula is C17H22IN3OS.